The molecule has 1 aliphatic rings. The van der Waals surface area contributed by atoms with E-state index < -0.39 is 0 Å². The number of benzene rings is 2. The van der Waals surface area contributed by atoms with E-state index in [0.717, 1.165) is 35.5 Å². The molecule has 0 atom stereocenters. The van der Waals surface area contributed by atoms with Gasteiger partial charge in [0.1, 0.15) is 0 Å². The molecule has 1 aliphatic heterocycles. The van der Waals surface area contributed by atoms with Crippen molar-refractivity contribution in [1.82, 2.24) is 4.90 Å². The van der Waals surface area contributed by atoms with Gasteiger partial charge < -0.3 is 0 Å². The summed E-state index contributed by atoms with van der Waals surface area (Å²) in [5, 5.41) is 0. The summed E-state index contributed by atoms with van der Waals surface area (Å²) in [5.74, 6) is 1.22. The van der Waals surface area contributed by atoms with Crippen LogP contribution in [0.15, 0.2) is 42.5 Å². The number of carbonyl (C=O) groups is 1. The number of anilines is 1. The molecule has 0 spiro atoms. The van der Waals surface area contributed by atoms with E-state index in [1.54, 1.807) is 0 Å². The first kappa shape index (κ1) is 21.3. The number of aryl methyl sites for hydroxylation is 2. The maximum atomic E-state index is 13.5. The predicted molar refractivity (Wildman–Crippen MR) is 124 cm³/mol. The van der Waals surface area contributed by atoms with Crippen LogP contribution < -0.4 is 4.90 Å². The fraction of sp³-hybridized carbons (Fsp3) is 0.423. The molecule has 1 amide bonds. The van der Waals surface area contributed by atoms with Gasteiger partial charge in [-0.3, -0.25) is 14.6 Å². The van der Waals surface area contributed by atoms with Crippen molar-refractivity contribution in [2.75, 3.05) is 24.7 Å². The number of rotatable bonds is 7. The number of fused-ring (bicyclic) bond motifs is 1. The fourth-order valence-electron chi connectivity index (χ4n) is 4.08. The molecule has 0 aliphatic carbocycles. The van der Waals surface area contributed by atoms with Gasteiger partial charge in [-0.15, -0.1) is 0 Å². The molecular formula is C26H34N2O. The largest absolute Gasteiger partial charge is 0.294 e. The lowest BCUT2D eigenvalue weighted by Gasteiger charge is -2.30. The van der Waals surface area contributed by atoms with Gasteiger partial charge >= 0.3 is 0 Å². The van der Waals surface area contributed by atoms with E-state index in [0.29, 0.717) is 18.5 Å². The second kappa shape index (κ2) is 8.96. The Bertz CT molecular complexity index is 901. The molecule has 1 heterocycles. The monoisotopic (exact) mass is 390 g/mol. The van der Waals surface area contributed by atoms with Crippen molar-refractivity contribution in [3.05, 3.63) is 64.7 Å². The Balaban J connectivity index is 1.98. The summed E-state index contributed by atoms with van der Waals surface area (Å²) in [5.41, 5.74) is 6.36. The Labute approximate surface area is 176 Å². The van der Waals surface area contributed by atoms with Crippen molar-refractivity contribution >= 4 is 23.2 Å². The van der Waals surface area contributed by atoms with Crippen LogP contribution in [-0.4, -0.2) is 30.6 Å². The highest BCUT2D eigenvalue weighted by molar-refractivity contribution is 6.35. The van der Waals surface area contributed by atoms with Crippen molar-refractivity contribution in [3.63, 3.8) is 0 Å². The molecule has 0 N–H and O–H groups in total. The molecule has 0 aromatic heterocycles. The quantitative estimate of drug-likeness (QED) is 0.561. The minimum Gasteiger partial charge on any atom is -0.294 e. The van der Waals surface area contributed by atoms with Crippen LogP contribution in [0, 0.1) is 25.7 Å². The lowest BCUT2D eigenvalue weighted by atomic mass is 10.00. The van der Waals surface area contributed by atoms with Crippen LogP contribution >= 0.6 is 0 Å². The van der Waals surface area contributed by atoms with E-state index in [1.165, 1.54) is 11.1 Å². The van der Waals surface area contributed by atoms with Crippen LogP contribution in [0.25, 0.3) is 11.6 Å². The average molecular weight is 391 g/mol. The number of amides is 1. The molecule has 2 aromatic rings. The van der Waals surface area contributed by atoms with Crippen molar-refractivity contribution in [2.24, 2.45) is 11.8 Å². The van der Waals surface area contributed by atoms with E-state index in [9.17, 15) is 4.79 Å². The first-order valence-electron chi connectivity index (χ1n) is 10.7. The molecule has 0 saturated heterocycles. The Morgan fingerprint density at radius 3 is 2.28 bits per heavy atom. The zero-order chi connectivity index (χ0) is 21.1. The number of nitrogens with zero attached hydrogens (tertiary/aromatic N) is 2. The molecule has 3 nitrogen and oxygen atoms in total. The molecule has 154 valence electrons. The predicted octanol–water partition coefficient (Wildman–Crippen LogP) is 5.76. The molecule has 3 rings (SSSR count). The normalized spacial score (nSPS) is 15.3. The summed E-state index contributed by atoms with van der Waals surface area (Å²) in [6, 6.07) is 14.6. The van der Waals surface area contributed by atoms with Crippen molar-refractivity contribution in [2.45, 2.75) is 41.5 Å². The van der Waals surface area contributed by atoms with Gasteiger partial charge in [-0.1, -0.05) is 69.7 Å². The second-order valence-electron chi connectivity index (χ2n) is 9.13. The lowest BCUT2D eigenvalue weighted by Crippen LogP contribution is -2.42. The van der Waals surface area contributed by atoms with Crippen LogP contribution in [0.2, 0.25) is 0 Å². The molecule has 0 fully saturated rings. The third kappa shape index (κ3) is 4.97. The molecule has 0 radical (unpaired) electrons. The molecule has 2 aromatic carbocycles. The van der Waals surface area contributed by atoms with Gasteiger partial charge in [0.2, 0.25) is 0 Å². The second-order valence-corrected chi connectivity index (χ2v) is 9.13. The molecular weight excluding hydrogens is 356 g/mol. The molecule has 0 bridgehead atoms. The van der Waals surface area contributed by atoms with Crippen molar-refractivity contribution in [3.8, 4) is 0 Å². The molecule has 0 saturated carbocycles. The Morgan fingerprint density at radius 2 is 1.62 bits per heavy atom. The summed E-state index contributed by atoms with van der Waals surface area (Å²) >= 11 is 0. The topological polar surface area (TPSA) is 23.6 Å². The third-order valence-corrected chi connectivity index (χ3v) is 5.28. The molecule has 3 heteroatoms. The zero-order valence-electron chi connectivity index (χ0n) is 18.7. The highest BCUT2D eigenvalue weighted by Crippen LogP contribution is 2.38. The first-order chi connectivity index (χ1) is 13.8. The van der Waals surface area contributed by atoms with Gasteiger partial charge in [-0.2, -0.15) is 0 Å². The Kier molecular flexibility index (Phi) is 6.59. The minimum atomic E-state index is 0.101. The van der Waals surface area contributed by atoms with Gasteiger partial charge in [-0.05, 0) is 49.0 Å². The summed E-state index contributed by atoms with van der Waals surface area (Å²) in [7, 11) is 0. The minimum absolute atomic E-state index is 0.101. The maximum Gasteiger partial charge on any atom is 0.260 e. The van der Waals surface area contributed by atoms with Gasteiger partial charge in [0.15, 0.2) is 0 Å². The standard InChI is InChI=1S/C26H34N2O/c1-18(2)15-27(16-19(3)4)17-28-25-10-8-7-9-23(25)24(26(28)29)14-22-13-20(5)11-12-21(22)6/h7-14,18-19H,15-17H2,1-6H3. The summed E-state index contributed by atoms with van der Waals surface area (Å²) < 4.78 is 0. The fourth-order valence-corrected chi connectivity index (χ4v) is 4.08. The van der Waals surface area contributed by atoms with Crippen LogP contribution in [0.1, 0.15) is 49.9 Å². The Morgan fingerprint density at radius 1 is 0.966 bits per heavy atom. The first-order valence-corrected chi connectivity index (χ1v) is 10.7. The number of carbonyl (C=O) groups excluding carboxylic acids is 1. The van der Waals surface area contributed by atoms with E-state index in [1.807, 2.05) is 17.0 Å². The van der Waals surface area contributed by atoms with Gasteiger partial charge in [0.05, 0.1) is 12.4 Å². The smallest absolute Gasteiger partial charge is 0.260 e. The third-order valence-electron chi connectivity index (χ3n) is 5.28. The van der Waals surface area contributed by atoms with Crippen LogP contribution in [0.5, 0.6) is 0 Å². The summed E-state index contributed by atoms with van der Waals surface area (Å²) in [6.45, 7) is 15.7. The van der Waals surface area contributed by atoms with Crippen molar-refractivity contribution in [1.29, 1.82) is 0 Å². The zero-order valence-corrected chi connectivity index (χ0v) is 18.7. The van der Waals surface area contributed by atoms with Crippen LogP contribution in [0.3, 0.4) is 0 Å². The van der Waals surface area contributed by atoms with Gasteiger partial charge in [0.25, 0.3) is 5.91 Å². The van der Waals surface area contributed by atoms with E-state index in [-0.39, 0.29) is 5.91 Å². The Hall–Kier alpha value is -2.39. The maximum absolute atomic E-state index is 13.5. The number of hydrogen-bond donors (Lipinski definition) is 0. The number of para-hydroxylation sites is 1. The molecule has 29 heavy (non-hydrogen) atoms. The average Bonchev–Trinajstić information content (AvgIpc) is 2.89. The van der Waals surface area contributed by atoms with E-state index in [2.05, 4.69) is 82.9 Å². The van der Waals surface area contributed by atoms with E-state index >= 15 is 0 Å². The summed E-state index contributed by atoms with van der Waals surface area (Å²) in [4.78, 5) is 17.9. The van der Waals surface area contributed by atoms with Gasteiger partial charge in [0, 0.05) is 24.2 Å². The van der Waals surface area contributed by atoms with Crippen molar-refractivity contribution < 1.29 is 4.79 Å². The van der Waals surface area contributed by atoms with Gasteiger partial charge in [-0.25, -0.2) is 0 Å². The van der Waals surface area contributed by atoms with Crippen LogP contribution in [-0.2, 0) is 4.79 Å². The highest BCUT2D eigenvalue weighted by atomic mass is 16.2. The number of hydrogen-bond acceptors (Lipinski definition) is 2. The molecule has 0 unspecified atom stereocenters. The van der Waals surface area contributed by atoms with E-state index in [4.69, 9.17) is 0 Å². The van der Waals surface area contributed by atoms with Crippen LogP contribution in [0.4, 0.5) is 5.69 Å². The SMILES string of the molecule is Cc1ccc(C)c(C=C2C(=O)N(CN(CC(C)C)CC(C)C)c3ccccc32)c1. The summed E-state index contributed by atoms with van der Waals surface area (Å²) in [6.07, 6.45) is 2.07. The highest BCUT2D eigenvalue weighted by Gasteiger charge is 2.33. The lowest BCUT2D eigenvalue weighted by molar-refractivity contribution is -0.113.